The Hall–Kier alpha value is -2.79. The van der Waals surface area contributed by atoms with E-state index < -0.39 is 0 Å². The van der Waals surface area contributed by atoms with Crippen molar-refractivity contribution >= 4 is 49.1 Å². The van der Waals surface area contributed by atoms with Crippen LogP contribution in [0.25, 0.3) is 43.3 Å². The molecule has 0 atom stereocenters. The van der Waals surface area contributed by atoms with Gasteiger partial charge in [-0.3, -0.25) is 4.79 Å². The van der Waals surface area contributed by atoms with E-state index in [9.17, 15) is 9.90 Å². The van der Waals surface area contributed by atoms with E-state index in [0.29, 0.717) is 0 Å². The van der Waals surface area contributed by atoms with Crippen molar-refractivity contribution in [3.8, 4) is 11.3 Å². The molecule has 4 nitrogen and oxygen atoms in total. The molecule has 3 heterocycles. The minimum Gasteiger partial charge on any atom is -0.512 e. The second-order valence-corrected chi connectivity index (χ2v) is 10.1. The summed E-state index contributed by atoms with van der Waals surface area (Å²) in [6, 6.07) is 19.6. The van der Waals surface area contributed by atoms with Crippen molar-refractivity contribution in [1.29, 1.82) is 0 Å². The van der Waals surface area contributed by atoms with Crippen molar-refractivity contribution in [2.24, 2.45) is 11.8 Å². The molecule has 1 N–H and O–H groups in total. The Morgan fingerprint density at radius 2 is 1.66 bits per heavy atom. The van der Waals surface area contributed by atoms with Gasteiger partial charge in [0, 0.05) is 59.7 Å². The molecule has 0 aliphatic rings. The number of rotatable bonds is 8. The Labute approximate surface area is 242 Å². The van der Waals surface area contributed by atoms with Crippen molar-refractivity contribution < 1.29 is 34.4 Å². The van der Waals surface area contributed by atoms with Crippen LogP contribution >= 0.6 is 11.3 Å². The van der Waals surface area contributed by atoms with Crippen molar-refractivity contribution in [2.45, 2.75) is 53.4 Å². The third kappa shape index (κ3) is 6.26. The molecular formula is C32H34IrNO3S-. The predicted molar refractivity (Wildman–Crippen MR) is 155 cm³/mol. The smallest absolute Gasteiger partial charge is 0.162 e. The number of fused-ring (bicyclic) bond motifs is 5. The number of hydrogen-bond donors (Lipinski definition) is 1. The van der Waals surface area contributed by atoms with E-state index in [1.54, 1.807) is 17.5 Å². The van der Waals surface area contributed by atoms with Gasteiger partial charge in [0.25, 0.3) is 0 Å². The number of carbonyl (C=O) groups is 1. The maximum absolute atomic E-state index is 11.7. The fourth-order valence-electron chi connectivity index (χ4n) is 4.72. The largest absolute Gasteiger partial charge is 0.512 e. The maximum Gasteiger partial charge on any atom is 0.162 e. The summed E-state index contributed by atoms with van der Waals surface area (Å²) in [6.45, 7) is 8.07. The van der Waals surface area contributed by atoms with Gasteiger partial charge >= 0.3 is 0 Å². The Kier molecular flexibility index (Phi) is 10.8. The monoisotopic (exact) mass is 705 g/mol. The number of aliphatic hydroxyl groups is 1. The summed E-state index contributed by atoms with van der Waals surface area (Å²) >= 11 is 1.73. The van der Waals surface area contributed by atoms with E-state index in [1.807, 2.05) is 52.0 Å². The molecule has 3 aromatic heterocycles. The quantitative estimate of drug-likeness (QED) is 0.0993. The molecule has 201 valence electrons. The molecular weight excluding hydrogens is 671 g/mol. The summed E-state index contributed by atoms with van der Waals surface area (Å²) in [4.78, 5) is 16.1. The zero-order chi connectivity index (χ0) is 26.4. The first-order chi connectivity index (χ1) is 18.0. The van der Waals surface area contributed by atoms with E-state index >= 15 is 0 Å². The van der Waals surface area contributed by atoms with Crippen LogP contribution in [0.1, 0.15) is 53.4 Å². The minimum atomic E-state index is 0. The van der Waals surface area contributed by atoms with Crippen molar-refractivity contribution in [2.75, 3.05) is 0 Å². The number of benzene rings is 2. The molecule has 0 aliphatic heterocycles. The van der Waals surface area contributed by atoms with Crippen molar-refractivity contribution in [3.63, 3.8) is 0 Å². The van der Waals surface area contributed by atoms with Gasteiger partial charge in [-0.05, 0) is 55.0 Å². The molecule has 0 amide bonds. The summed E-state index contributed by atoms with van der Waals surface area (Å²) in [5.41, 5.74) is 3.60. The Morgan fingerprint density at radius 1 is 0.947 bits per heavy atom. The number of carbonyl (C=O) groups excluding carboxylic acids is 1. The van der Waals surface area contributed by atoms with Crippen LogP contribution in [0.5, 0.6) is 0 Å². The van der Waals surface area contributed by atoms with Gasteiger partial charge in [0.1, 0.15) is 5.58 Å². The van der Waals surface area contributed by atoms with Gasteiger partial charge in [0.2, 0.25) is 0 Å². The van der Waals surface area contributed by atoms with Crippen LogP contribution in [-0.2, 0) is 24.9 Å². The third-order valence-corrected chi connectivity index (χ3v) is 7.91. The number of allylic oxidation sites excluding steroid dienone is 2. The first kappa shape index (κ1) is 29.8. The number of hydrogen-bond acceptors (Lipinski definition) is 5. The fraction of sp³-hybridized carbons (Fsp3) is 0.312. The molecule has 0 bridgehead atoms. The topological polar surface area (TPSA) is 63.3 Å². The van der Waals surface area contributed by atoms with E-state index in [1.165, 1.54) is 16.2 Å². The van der Waals surface area contributed by atoms with Crippen molar-refractivity contribution in [3.05, 3.63) is 78.0 Å². The summed E-state index contributed by atoms with van der Waals surface area (Å²) in [5.74, 6) is 0.547. The number of pyridine rings is 1. The van der Waals surface area contributed by atoms with Gasteiger partial charge in [-0.25, -0.2) is 0 Å². The van der Waals surface area contributed by atoms with Crippen LogP contribution in [0.3, 0.4) is 0 Å². The molecule has 5 rings (SSSR count). The third-order valence-electron chi connectivity index (χ3n) is 7.03. The second kappa shape index (κ2) is 13.8. The van der Waals surface area contributed by atoms with Gasteiger partial charge in [0.15, 0.2) is 5.78 Å². The molecule has 1 radical (unpaired) electrons. The van der Waals surface area contributed by atoms with Crippen LogP contribution in [-0.4, -0.2) is 15.9 Å². The zero-order valence-corrected chi connectivity index (χ0v) is 25.5. The fourth-order valence-corrected chi connectivity index (χ4v) is 5.51. The molecule has 0 aliphatic carbocycles. The molecule has 6 heteroatoms. The number of nitrogens with zero attached hydrogens (tertiary/aromatic N) is 1. The number of aliphatic hydroxyl groups excluding tert-OH is 1. The van der Waals surface area contributed by atoms with Crippen LogP contribution < -0.4 is 0 Å². The minimum absolute atomic E-state index is 0. The molecule has 38 heavy (non-hydrogen) atoms. The SMILES string of the molecule is CCC(CC)C(=O)/C=C(\O)C(CC)CC.[Ir].[c-]1ccc2c(oc3c4ccsc4ccc23)c1-c1ccccn1. The van der Waals surface area contributed by atoms with Crippen LogP contribution in [0.2, 0.25) is 0 Å². The zero-order valence-electron chi connectivity index (χ0n) is 22.3. The van der Waals surface area contributed by atoms with E-state index in [-0.39, 0.29) is 43.5 Å². The molecule has 0 saturated heterocycles. The molecule has 0 unspecified atom stereocenters. The van der Waals surface area contributed by atoms with Gasteiger partial charge in [-0.15, -0.1) is 29.5 Å². The molecule has 2 aromatic carbocycles. The summed E-state index contributed by atoms with van der Waals surface area (Å²) in [6.07, 6.45) is 6.70. The molecule has 5 aromatic rings. The first-order valence-electron chi connectivity index (χ1n) is 13.1. The average molecular weight is 705 g/mol. The van der Waals surface area contributed by atoms with Crippen LogP contribution in [0, 0.1) is 17.9 Å². The van der Waals surface area contributed by atoms with Crippen molar-refractivity contribution in [1.82, 2.24) is 4.98 Å². The summed E-state index contributed by atoms with van der Waals surface area (Å²) in [5, 5.41) is 15.3. The summed E-state index contributed by atoms with van der Waals surface area (Å²) in [7, 11) is 0. The van der Waals surface area contributed by atoms with E-state index in [2.05, 4.69) is 40.7 Å². The summed E-state index contributed by atoms with van der Waals surface area (Å²) < 4.78 is 7.49. The molecule has 0 fully saturated rings. The Bertz CT molecular complexity index is 1510. The van der Waals surface area contributed by atoms with Gasteiger partial charge in [-0.2, -0.15) is 0 Å². The standard InChI is InChI=1S/C19H10NOS.C13H24O2.Ir/c1-2-10-20-16(6-1)14-5-3-4-12-13-7-8-17-15(9-11-22-17)19(13)21-18(12)14;1-5-10(6-2)12(14)9-13(15)11(7-3)8-4;/h1-4,6-11H;9-11,14H,5-8H2,1-4H3;/q-1;;/b;12-9-;. The van der Waals surface area contributed by atoms with Crippen LogP contribution in [0.4, 0.5) is 0 Å². The molecule has 0 saturated carbocycles. The van der Waals surface area contributed by atoms with E-state index in [4.69, 9.17) is 4.42 Å². The van der Waals surface area contributed by atoms with E-state index in [0.717, 1.165) is 58.9 Å². The number of thiophene rings is 1. The Morgan fingerprint density at radius 3 is 2.32 bits per heavy atom. The van der Waals surface area contributed by atoms with Gasteiger partial charge in [-0.1, -0.05) is 56.8 Å². The van der Waals surface area contributed by atoms with Crippen LogP contribution in [0.15, 0.2) is 76.4 Å². The normalized spacial score (nSPS) is 11.7. The van der Waals surface area contributed by atoms with Gasteiger partial charge < -0.3 is 14.5 Å². The maximum atomic E-state index is 11.7. The second-order valence-electron chi connectivity index (χ2n) is 9.19. The molecule has 0 spiro atoms. The Balaban J connectivity index is 0.000000223. The number of aromatic nitrogens is 1. The first-order valence-corrected chi connectivity index (χ1v) is 14.0. The number of ketones is 1. The van der Waals surface area contributed by atoms with Gasteiger partial charge in [0.05, 0.1) is 11.3 Å². The number of furan rings is 1. The predicted octanol–water partition coefficient (Wildman–Crippen LogP) is 9.53. The average Bonchev–Trinajstić information content (AvgIpc) is 3.55.